The molecule has 0 fully saturated rings. The lowest BCUT2D eigenvalue weighted by Crippen LogP contribution is -2.44. The van der Waals surface area contributed by atoms with E-state index in [-0.39, 0.29) is 17.5 Å². The summed E-state index contributed by atoms with van der Waals surface area (Å²) in [4.78, 5) is 11.9. The Morgan fingerprint density at radius 1 is 1.37 bits per heavy atom. The highest BCUT2D eigenvalue weighted by atomic mass is 35.5. The van der Waals surface area contributed by atoms with E-state index < -0.39 is 0 Å². The SMILES string of the molecule is CCC(NC(=O)CNC(C)(C)C)c1cccc(Cl)c1. The van der Waals surface area contributed by atoms with Gasteiger partial charge in [-0.05, 0) is 44.9 Å². The van der Waals surface area contributed by atoms with Crippen LogP contribution >= 0.6 is 11.6 Å². The molecule has 1 unspecified atom stereocenters. The van der Waals surface area contributed by atoms with Crippen LogP contribution < -0.4 is 10.6 Å². The number of hydrogen-bond acceptors (Lipinski definition) is 2. The van der Waals surface area contributed by atoms with Crippen molar-refractivity contribution in [2.24, 2.45) is 0 Å². The van der Waals surface area contributed by atoms with Crippen LogP contribution in [0.1, 0.15) is 45.7 Å². The second-order valence-corrected chi connectivity index (χ2v) is 6.12. The fraction of sp³-hybridized carbons (Fsp3) is 0.533. The molecule has 106 valence electrons. The molecule has 0 saturated heterocycles. The third kappa shape index (κ3) is 6.08. The Hall–Kier alpha value is -1.06. The highest BCUT2D eigenvalue weighted by molar-refractivity contribution is 6.30. The molecule has 0 aliphatic carbocycles. The molecule has 3 nitrogen and oxygen atoms in total. The lowest BCUT2D eigenvalue weighted by atomic mass is 10.0. The Bertz CT molecular complexity index is 426. The van der Waals surface area contributed by atoms with Crippen LogP contribution in [-0.2, 0) is 4.79 Å². The van der Waals surface area contributed by atoms with Crippen LogP contribution in [0.2, 0.25) is 5.02 Å². The van der Waals surface area contributed by atoms with Crippen LogP contribution in [0, 0.1) is 0 Å². The number of benzene rings is 1. The van der Waals surface area contributed by atoms with E-state index >= 15 is 0 Å². The molecule has 19 heavy (non-hydrogen) atoms. The highest BCUT2D eigenvalue weighted by Crippen LogP contribution is 2.20. The van der Waals surface area contributed by atoms with Gasteiger partial charge in [0.1, 0.15) is 0 Å². The number of rotatable bonds is 5. The standard InChI is InChI=1S/C15H23ClN2O/c1-5-13(11-7-6-8-12(16)9-11)18-14(19)10-17-15(2,3)4/h6-9,13,17H,5,10H2,1-4H3,(H,18,19). The molecule has 0 spiro atoms. The van der Waals surface area contributed by atoms with Crippen molar-refractivity contribution in [2.75, 3.05) is 6.54 Å². The van der Waals surface area contributed by atoms with Gasteiger partial charge in [-0.2, -0.15) is 0 Å². The van der Waals surface area contributed by atoms with E-state index in [0.29, 0.717) is 11.6 Å². The summed E-state index contributed by atoms with van der Waals surface area (Å²) >= 11 is 5.98. The van der Waals surface area contributed by atoms with Crippen LogP contribution in [-0.4, -0.2) is 18.0 Å². The largest absolute Gasteiger partial charge is 0.348 e. The maximum atomic E-state index is 11.9. The van der Waals surface area contributed by atoms with E-state index in [1.54, 1.807) is 0 Å². The highest BCUT2D eigenvalue weighted by Gasteiger charge is 2.15. The molecule has 0 saturated carbocycles. The fourth-order valence-corrected chi connectivity index (χ4v) is 1.93. The molecule has 0 aromatic heterocycles. The number of carbonyl (C=O) groups excluding carboxylic acids is 1. The summed E-state index contributed by atoms with van der Waals surface area (Å²) in [6.07, 6.45) is 0.835. The number of amides is 1. The molecule has 1 rings (SSSR count). The van der Waals surface area contributed by atoms with Gasteiger partial charge in [0.2, 0.25) is 5.91 Å². The van der Waals surface area contributed by atoms with Crippen molar-refractivity contribution in [2.45, 2.75) is 45.7 Å². The summed E-state index contributed by atoms with van der Waals surface area (Å²) in [5, 5.41) is 6.89. The molecule has 1 amide bonds. The first-order valence-corrected chi connectivity index (χ1v) is 6.99. The number of halogens is 1. The van der Waals surface area contributed by atoms with E-state index in [1.165, 1.54) is 0 Å². The van der Waals surface area contributed by atoms with Crippen molar-refractivity contribution in [1.29, 1.82) is 0 Å². The number of carbonyl (C=O) groups is 1. The molecule has 0 radical (unpaired) electrons. The molecular weight excluding hydrogens is 260 g/mol. The van der Waals surface area contributed by atoms with Crippen LogP contribution in [0.3, 0.4) is 0 Å². The number of nitrogens with one attached hydrogen (secondary N) is 2. The lowest BCUT2D eigenvalue weighted by Gasteiger charge is -2.22. The molecule has 4 heteroatoms. The first-order chi connectivity index (χ1) is 8.81. The second-order valence-electron chi connectivity index (χ2n) is 5.69. The minimum Gasteiger partial charge on any atom is -0.348 e. The van der Waals surface area contributed by atoms with E-state index in [4.69, 9.17) is 11.6 Å². The van der Waals surface area contributed by atoms with Crippen LogP contribution in [0.4, 0.5) is 0 Å². The average molecular weight is 283 g/mol. The Kier molecular flexibility index (Phi) is 5.83. The molecular formula is C15H23ClN2O. The maximum Gasteiger partial charge on any atom is 0.234 e. The molecule has 2 N–H and O–H groups in total. The van der Waals surface area contributed by atoms with Gasteiger partial charge >= 0.3 is 0 Å². The quantitative estimate of drug-likeness (QED) is 0.870. The van der Waals surface area contributed by atoms with Gasteiger partial charge in [0.25, 0.3) is 0 Å². The summed E-state index contributed by atoms with van der Waals surface area (Å²) < 4.78 is 0. The zero-order valence-electron chi connectivity index (χ0n) is 12.1. The van der Waals surface area contributed by atoms with E-state index in [9.17, 15) is 4.79 Å². The summed E-state index contributed by atoms with van der Waals surface area (Å²) in [5.41, 5.74) is 0.980. The molecule has 0 aliphatic heterocycles. The van der Waals surface area contributed by atoms with E-state index in [1.807, 2.05) is 52.0 Å². The maximum absolute atomic E-state index is 11.9. The van der Waals surface area contributed by atoms with Gasteiger partial charge < -0.3 is 10.6 Å². The zero-order chi connectivity index (χ0) is 14.5. The van der Waals surface area contributed by atoms with Gasteiger partial charge in [-0.3, -0.25) is 4.79 Å². The first kappa shape index (κ1) is 16.0. The second kappa shape index (κ2) is 6.92. The van der Waals surface area contributed by atoms with Crippen LogP contribution in [0.5, 0.6) is 0 Å². The van der Waals surface area contributed by atoms with Crippen molar-refractivity contribution in [3.63, 3.8) is 0 Å². The van der Waals surface area contributed by atoms with Gasteiger partial charge in [0, 0.05) is 10.6 Å². The minimum absolute atomic E-state index is 0.00162. The molecule has 1 aromatic rings. The van der Waals surface area contributed by atoms with Crippen molar-refractivity contribution < 1.29 is 4.79 Å². The molecule has 1 aromatic carbocycles. The van der Waals surface area contributed by atoms with Crippen molar-refractivity contribution >= 4 is 17.5 Å². The minimum atomic E-state index is -0.0604. The van der Waals surface area contributed by atoms with Crippen molar-refractivity contribution in [3.8, 4) is 0 Å². The average Bonchev–Trinajstić information content (AvgIpc) is 2.32. The van der Waals surface area contributed by atoms with Gasteiger partial charge in [-0.1, -0.05) is 30.7 Å². The molecule has 1 atom stereocenters. The predicted octanol–water partition coefficient (Wildman–Crippen LogP) is 3.30. The van der Waals surface area contributed by atoms with Crippen LogP contribution in [0.15, 0.2) is 24.3 Å². The molecule has 0 aliphatic rings. The molecule has 0 heterocycles. The smallest absolute Gasteiger partial charge is 0.234 e. The van der Waals surface area contributed by atoms with Crippen molar-refractivity contribution in [3.05, 3.63) is 34.9 Å². The lowest BCUT2D eigenvalue weighted by molar-refractivity contribution is -0.121. The normalized spacial score (nSPS) is 13.1. The van der Waals surface area contributed by atoms with E-state index in [2.05, 4.69) is 10.6 Å². The predicted molar refractivity (Wildman–Crippen MR) is 80.4 cm³/mol. The summed E-state index contributed by atoms with van der Waals surface area (Å²) in [5.74, 6) is 0.00162. The van der Waals surface area contributed by atoms with Crippen LogP contribution in [0.25, 0.3) is 0 Å². The van der Waals surface area contributed by atoms with Gasteiger partial charge in [0.05, 0.1) is 12.6 Å². The summed E-state index contributed by atoms with van der Waals surface area (Å²) in [7, 11) is 0. The Labute approximate surface area is 120 Å². The third-order valence-electron chi connectivity index (χ3n) is 2.77. The first-order valence-electron chi connectivity index (χ1n) is 6.61. The topological polar surface area (TPSA) is 41.1 Å². The zero-order valence-corrected chi connectivity index (χ0v) is 12.8. The Morgan fingerprint density at radius 3 is 2.58 bits per heavy atom. The fourth-order valence-electron chi connectivity index (χ4n) is 1.74. The summed E-state index contributed by atoms with van der Waals surface area (Å²) in [6.45, 7) is 8.47. The van der Waals surface area contributed by atoms with E-state index in [0.717, 1.165) is 12.0 Å². The van der Waals surface area contributed by atoms with Gasteiger partial charge in [-0.15, -0.1) is 0 Å². The Balaban J connectivity index is 2.60. The monoisotopic (exact) mass is 282 g/mol. The number of hydrogen-bond donors (Lipinski definition) is 2. The van der Waals surface area contributed by atoms with Crippen molar-refractivity contribution in [1.82, 2.24) is 10.6 Å². The third-order valence-corrected chi connectivity index (χ3v) is 3.01. The van der Waals surface area contributed by atoms with Gasteiger partial charge in [-0.25, -0.2) is 0 Å². The van der Waals surface area contributed by atoms with Gasteiger partial charge in [0.15, 0.2) is 0 Å². The Morgan fingerprint density at radius 2 is 2.05 bits per heavy atom. The molecule has 0 bridgehead atoms. The summed E-state index contributed by atoms with van der Waals surface area (Å²) in [6, 6.07) is 7.62.